The van der Waals surface area contributed by atoms with Crippen LogP contribution in [0.4, 0.5) is 5.13 Å². The van der Waals surface area contributed by atoms with Crippen LogP contribution in [0.1, 0.15) is 29.8 Å². The van der Waals surface area contributed by atoms with Gasteiger partial charge >= 0.3 is 0 Å². The van der Waals surface area contributed by atoms with Crippen molar-refractivity contribution >= 4 is 34.1 Å². The number of hydrogen-bond donors (Lipinski definition) is 1. The minimum atomic E-state index is -0.150. The van der Waals surface area contributed by atoms with Gasteiger partial charge in [0.25, 0.3) is 5.91 Å². The summed E-state index contributed by atoms with van der Waals surface area (Å²) >= 11 is 3.19. The first kappa shape index (κ1) is 19.5. The van der Waals surface area contributed by atoms with Crippen LogP contribution in [-0.4, -0.2) is 23.3 Å². The van der Waals surface area contributed by atoms with Crippen LogP contribution in [0.5, 0.6) is 5.75 Å². The first-order valence-electron chi connectivity index (χ1n) is 8.65. The highest BCUT2D eigenvalue weighted by molar-refractivity contribution is 7.99. The fraction of sp³-hybridized carbons (Fsp3) is 0.238. The molecule has 0 fully saturated rings. The standard InChI is InChI=1S/C21H22N2O2S2/c1-13(2)27-17-8-5-15(6-9-17)20(24)23-21-22-18(12-26-21)16-7-10-19(25-4)14(3)11-16/h5-13H,1-4H3,(H,22,23,24). The minimum Gasteiger partial charge on any atom is -0.496 e. The van der Waals surface area contributed by atoms with E-state index in [1.165, 1.54) is 11.3 Å². The van der Waals surface area contributed by atoms with Crippen LogP contribution < -0.4 is 10.1 Å². The molecule has 140 valence electrons. The fourth-order valence-corrected chi connectivity index (χ4v) is 4.18. The summed E-state index contributed by atoms with van der Waals surface area (Å²) in [5.74, 6) is 0.699. The van der Waals surface area contributed by atoms with E-state index in [0.29, 0.717) is 15.9 Å². The van der Waals surface area contributed by atoms with Crippen molar-refractivity contribution in [3.8, 4) is 17.0 Å². The van der Waals surface area contributed by atoms with E-state index in [-0.39, 0.29) is 5.91 Å². The lowest BCUT2D eigenvalue weighted by molar-refractivity contribution is 0.102. The molecular formula is C21H22N2O2S2. The number of benzene rings is 2. The van der Waals surface area contributed by atoms with Gasteiger partial charge in [0.05, 0.1) is 12.8 Å². The Morgan fingerprint density at radius 1 is 1.19 bits per heavy atom. The number of carbonyl (C=O) groups excluding carboxylic acids is 1. The van der Waals surface area contributed by atoms with E-state index in [0.717, 1.165) is 27.5 Å². The molecule has 0 radical (unpaired) electrons. The van der Waals surface area contributed by atoms with E-state index in [1.807, 2.05) is 54.8 Å². The summed E-state index contributed by atoms with van der Waals surface area (Å²) in [6.45, 7) is 6.30. The van der Waals surface area contributed by atoms with E-state index < -0.39 is 0 Å². The molecular weight excluding hydrogens is 376 g/mol. The number of aryl methyl sites for hydroxylation is 1. The lowest BCUT2D eigenvalue weighted by atomic mass is 10.1. The molecule has 1 N–H and O–H groups in total. The van der Waals surface area contributed by atoms with E-state index in [2.05, 4.69) is 24.1 Å². The molecule has 2 aromatic carbocycles. The topological polar surface area (TPSA) is 51.2 Å². The van der Waals surface area contributed by atoms with Crippen molar-refractivity contribution in [2.45, 2.75) is 30.9 Å². The number of ether oxygens (including phenoxy) is 1. The molecule has 1 heterocycles. The van der Waals surface area contributed by atoms with Gasteiger partial charge in [-0.05, 0) is 55.0 Å². The van der Waals surface area contributed by atoms with Crippen LogP contribution >= 0.6 is 23.1 Å². The first-order valence-corrected chi connectivity index (χ1v) is 10.4. The van der Waals surface area contributed by atoms with Crippen molar-refractivity contribution in [1.82, 2.24) is 4.98 Å². The molecule has 3 rings (SSSR count). The van der Waals surface area contributed by atoms with Gasteiger partial charge in [-0.3, -0.25) is 10.1 Å². The first-order chi connectivity index (χ1) is 13.0. The molecule has 0 saturated heterocycles. The Hall–Kier alpha value is -2.31. The van der Waals surface area contributed by atoms with E-state index in [4.69, 9.17) is 4.74 Å². The number of nitrogens with zero attached hydrogens (tertiary/aromatic N) is 1. The molecule has 1 aromatic heterocycles. The van der Waals surface area contributed by atoms with Gasteiger partial charge in [0, 0.05) is 26.7 Å². The molecule has 0 aliphatic carbocycles. The van der Waals surface area contributed by atoms with E-state index in [9.17, 15) is 4.79 Å². The molecule has 27 heavy (non-hydrogen) atoms. The van der Waals surface area contributed by atoms with Crippen LogP contribution in [0.2, 0.25) is 0 Å². The third kappa shape index (κ3) is 4.90. The number of carbonyl (C=O) groups is 1. The van der Waals surface area contributed by atoms with Gasteiger partial charge in [-0.15, -0.1) is 23.1 Å². The minimum absolute atomic E-state index is 0.150. The summed E-state index contributed by atoms with van der Waals surface area (Å²) in [7, 11) is 1.66. The lowest BCUT2D eigenvalue weighted by Crippen LogP contribution is -2.11. The average Bonchev–Trinajstić information content (AvgIpc) is 3.10. The van der Waals surface area contributed by atoms with Crippen molar-refractivity contribution in [2.75, 3.05) is 12.4 Å². The molecule has 0 saturated carbocycles. The molecule has 0 atom stereocenters. The normalized spacial score (nSPS) is 10.9. The molecule has 1 amide bonds. The van der Waals surface area contributed by atoms with Gasteiger partial charge in [-0.2, -0.15) is 0 Å². The Balaban J connectivity index is 1.70. The second-order valence-corrected chi connectivity index (χ2v) is 8.88. The molecule has 0 aliphatic heterocycles. The van der Waals surface area contributed by atoms with Gasteiger partial charge in [-0.25, -0.2) is 4.98 Å². The Labute approximate surface area is 168 Å². The van der Waals surface area contributed by atoms with Crippen LogP contribution in [-0.2, 0) is 0 Å². The zero-order valence-corrected chi connectivity index (χ0v) is 17.4. The van der Waals surface area contributed by atoms with Crippen molar-refractivity contribution < 1.29 is 9.53 Å². The number of thiazole rings is 1. The van der Waals surface area contributed by atoms with Gasteiger partial charge in [0.15, 0.2) is 5.13 Å². The number of hydrogen-bond acceptors (Lipinski definition) is 5. The average molecular weight is 399 g/mol. The van der Waals surface area contributed by atoms with Crippen molar-refractivity contribution in [2.24, 2.45) is 0 Å². The zero-order chi connectivity index (χ0) is 19.4. The third-order valence-corrected chi connectivity index (χ3v) is 5.68. The van der Waals surface area contributed by atoms with Crippen LogP contribution in [0.3, 0.4) is 0 Å². The number of nitrogens with one attached hydrogen (secondary N) is 1. The maximum absolute atomic E-state index is 12.5. The number of amides is 1. The summed E-state index contributed by atoms with van der Waals surface area (Å²) in [6.07, 6.45) is 0. The van der Waals surface area contributed by atoms with Crippen LogP contribution in [0.15, 0.2) is 52.7 Å². The van der Waals surface area contributed by atoms with Crippen molar-refractivity contribution in [1.29, 1.82) is 0 Å². The summed E-state index contributed by atoms with van der Waals surface area (Å²) in [5, 5.41) is 5.93. The van der Waals surface area contributed by atoms with E-state index in [1.54, 1.807) is 18.9 Å². The summed E-state index contributed by atoms with van der Waals surface area (Å²) in [5.41, 5.74) is 3.51. The largest absolute Gasteiger partial charge is 0.496 e. The van der Waals surface area contributed by atoms with Crippen molar-refractivity contribution in [3.05, 3.63) is 59.0 Å². The van der Waals surface area contributed by atoms with Crippen LogP contribution in [0.25, 0.3) is 11.3 Å². The number of anilines is 1. The van der Waals surface area contributed by atoms with Crippen LogP contribution in [0, 0.1) is 6.92 Å². The lowest BCUT2D eigenvalue weighted by Gasteiger charge is -2.06. The van der Waals surface area contributed by atoms with Crippen molar-refractivity contribution in [3.63, 3.8) is 0 Å². The highest BCUT2D eigenvalue weighted by Gasteiger charge is 2.11. The molecule has 3 aromatic rings. The molecule has 6 heteroatoms. The SMILES string of the molecule is COc1ccc(-c2csc(NC(=O)c3ccc(SC(C)C)cc3)n2)cc1C. The number of aromatic nitrogens is 1. The monoisotopic (exact) mass is 398 g/mol. The quantitative estimate of drug-likeness (QED) is 0.527. The van der Waals surface area contributed by atoms with Gasteiger partial charge in [-0.1, -0.05) is 13.8 Å². The highest BCUT2D eigenvalue weighted by atomic mass is 32.2. The smallest absolute Gasteiger partial charge is 0.257 e. The predicted molar refractivity (Wildman–Crippen MR) is 114 cm³/mol. The third-order valence-electron chi connectivity index (χ3n) is 3.90. The summed E-state index contributed by atoms with van der Waals surface area (Å²) < 4.78 is 5.30. The van der Waals surface area contributed by atoms with Gasteiger partial charge < -0.3 is 4.74 Å². The maximum Gasteiger partial charge on any atom is 0.257 e. The molecule has 0 bridgehead atoms. The molecule has 4 nitrogen and oxygen atoms in total. The maximum atomic E-state index is 12.5. The molecule has 0 spiro atoms. The van der Waals surface area contributed by atoms with Gasteiger partial charge in [0.1, 0.15) is 5.75 Å². The van der Waals surface area contributed by atoms with E-state index >= 15 is 0 Å². The fourth-order valence-electron chi connectivity index (χ4n) is 2.63. The Kier molecular flexibility index (Phi) is 6.19. The second kappa shape index (κ2) is 8.59. The zero-order valence-electron chi connectivity index (χ0n) is 15.8. The Morgan fingerprint density at radius 3 is 2.56 bits per heavy atom. The molecule has 0 aliphatic rings. The number of rotatable bonds is 6. The van der Waals surface area contributed by atoms with Gasteiger partial charge in [0.2, 0.25) is 0 Å². The molecule has 0 unspecified atom stereocenters. The number of thioether (sulfide) groups is 1. The highest BCUT2D eigenvalue weighted by Crippen LogP contribution is 2.29. The Morgan fingerprint density at radius 2 is 1.93 bits per heavy atom. The number of methoxy groups -OCH3 is 1. The summed E-state index contributed by atoms with van der Waals surface area (Å²) in [4.78, 5) is 18.2. The predicted octanol–water partition coefficient (Wildman–Crippen LogP) is 5.88. The second-order valence-electron chi connectivity index (χ2n) is 6.37. The summed E-state index contributed by atoms with van der Waals surface area (Å²) in [6, 6.07) is 13.6. The Bertz CT molecular complexity index is 934.